The van der Waals surface area contributed by atoms with Crippen LogP contribution in [0.1, 0.15) is 36.2 Å². The smallest absolute Gasteiger partial charge is 0.189 e. The zero-order chi connectivity index (χ0) is 16.4. The molecule has 1 aliphatic carbocycles. The highest BCUT2D eigenvalue weighted by Crippen LogP contribution is 2.39. The summed E-state index contributed by atoms with van der Waals surface area (Å²) in [5.74, 6) is 1.22. The van der Waals surface area contributed by atoms with Gasteiger partial charge >= 0.3 is 0 Å². The minimum Gasteiger partial charge on any atom is -0.496 e. The molecule has 3 nitrogen and oxygen atoms in total. The molecule has 3 heteroatoms. The number of fused-ring (bicyclic) bond motifs is 1. The lowest BCUT2D eigenvalue weighted by molar-refractivity contribution is 0.103. The van der Waals surface area contributed by atoms with Crippen LogP contribution < -0.4 is 9.47 Å². The number of ketones is 1. The van der Waals surface area contributed by atoms with Crippen LogP contribution in [0.15, 0.2) is 54.2 Å². The first-order chi connectivity index (χ1) is 11.0. The molecule has 3 rings (SSSR count). The SMILES string of the molecule is COc1ccc(C(=O)/C=C/C2=CC=CC2)c2c1C=CC(C)(C)O2. The first kappa shape index (κ1) is 15.3. The quantitative estimate of drug-likeness (QED) is 0.606. The molecule has 0 fully saturated rings. The summed E-state index contributed by atoms with van der Waals surface area (Å²) in [6, 6.07) is 3.57. The van der Waals surface area contributed by atoms with Crippen LogP contribution in [0, 0.1) is 0 Å². The maximum Gasteiger partial charge on any atom is 0.189 e. The molecular formula is C20H20O3. The summed E-state index contributed by atoms with van der Waals surface area (Å²) in [7, 11) is 1.62. The monoisotopic (exact) mass is 308 g/mol. The van der Waals surface area contributed by atoms with Crippen LogP contribution in [0.4, 0.5) is 0 Å². The molecule has 118 valence electrons. The van der Waals surface area contributed by atoms with Gasteiger partial charge < -0.3 is 9.47 Å². The van der Waals surface area contributed by atoms with Crippen LogP contribution in [0.5, 0.6) is 11.5 Å². The Morgan fingerprint density at radius 2 is 2.17 bits per heavy atom. The Bertz CT molecular complexity index is 761. The number of carbonyl (C=O) groups is 1. The summed E-state index contributed by atoms with van der Waals surface area (Å²) in [6.07, 6.45) is 14.3. The third-order valence-corrected chi connectivity index (χ3v) is 3.91. The van der Waals surface area contributed by atoms with Crippen molar-refractivity contribution >= 4 is 11.9 Å². The molecule has 0 atom stereocenters. The highest BCUT2D eigenvalue weighted by molar-refractivity contribution is 6.08. The second kappa shape index (κ2) is 5.92. The van der Waals surface area contributed by atoms with Gasteiger partial charge in [0.05, 0.1) is 18.2 Å². The minimum atomic E-state index is -0.448. The van der Waals surface area contributed by atoms with E-state index in [4.69, 9.17) is 9.47 Å². The molecule has 0 saturated carbocycles. The van der Waals surface area contributed by atoms with Crippen molar-refractivity contribution < 1.29 is 14.3 Å². The Morgan fingerprint density at radius 1 is 1.35 bits per heavy atom. The predicted octanol–water partition coefficient (Wildman–Crippen LogP) is 4.50. The molecule has 1 aromatic rings. The molecule has 0 bridgehead atoms. The van der Waals surface area contributed by atoms with Gasteiger partial charge in [-0.1, -0.05) is 24.3 Å². The first-order valence-corrected chi connectivity index (χ1v) is 7.67. The Kier molecular flexibility index (Phi) is 3.95. The van der Waals surface area contributed by atoms with Crippen LogP contribution in [0.3, 0.4) is 0 Å². The van der Waals surface area contributed by atoms with E-state index >= 15 is 0 Å². The van der Waals surface area contributed by atoms with Gasteiger partial charge in [-0.3, -0.25) is 4.79 Å². The van der Waals surface area contributed by atoms with Crippen molar-refractivity contribution in [2.45, 2.75) is 25.9 Å². The number of carbonyl (C=O) groups excluding carboxylic acids is 1. The van der Waals surface area contributed by atoms with E-state index in [2.05, 4.69) is 6.08 Å². The van der Waals surface area contributed by atoms with E-state index in [1.807, 2.05) is 50.3 Å². The third kappa shape index (κ3) is 3.14. The molecule has 0 spiro atoms. The van der Waals surface area contributed by atoms with Gasteiger partial charge in [0, 0.05) is 0 Å². The molecule has 0 saturated heterocycles. The predicted molar refractivity (Wildman–Crippen MR) is 92.0 cm³/mol. The second-order valence-electron chi connectivity index (χ2n) is 6.17. The van der Waals surface area contributed by atoms with Crippen molar-refractivity contribution in [2.24, 2.45) is 0 Å². The molecule has 23 heavy (non-hydrogen) atoms. The molecular weight excluding hydrogens is 288 g/mol. The van der Waals surface area contributed by atoms with Crippen molar-refractivity contribution in [2.75, 3.05) is 7.11 Å². The summed E-state index contributed by atoms with van der Waals surface area (Å²) in [5, 5.41) is 0. The highest BCUT2D eigenvalue weighted by Gasteiger charge is 2.27. The number of ether oxygens (including phenoxy) is 2. The van der Waals surface area contributed by atoms with Crippen molar-refractivity contribution in [3.63, 3.8) is 0 Å². The van der Waals surface area contributed by atoms with E-state index < -0.39 is 5.60 Å². The Labute approximate surface area is 136 Å². The molecule has 1 aliphatic heterocycles. The van der Waals surface area contributed by atoms with Crippen LogP contribution in [0.2, 0.25) is 0 Å². The van der Waals surface area contributed by atoms with Gasteiger partial charge in [-0.15, -0.1) is 0 Å². The fourth-order valence-electron chi connectivity index (χ4n) is 2.66. The second-order valence-corrected chi connectivity index (χ2v) is 6.17. The van der Waals surface area contributed by atoms with Gasteiger partial charge in [-0.05, 0) is 56.2 Å². The van der Waals surface area contributed by atoms with Crippen molar-refractivity contribution in [1.82, 2.24) is 0 Å². The van der Waals surface area contributed by atoms with E-state index in [0.29, 0.717) is 17.1 Å². The molecule has 0 aromatic heterocycles. The van der Waals surface area contributed by atoms with E-state index in [-0.39, 0.29) is 5.78 Å². The molecule has 0 amide bonds. The van der Waals surface area contributed by atoms with Crippen molar-refractivity contribution in [1.29, 1.82) is 0 Å². The van der Waals surface area contributed by atoms with E-state index in [0.717, 1.165) is 17.6 Å². The lowest BCUT2D eigenvalue weighted by Gasteiger charge is -2.29. The average molecular weight is 308 g/mol. The Morgan fingerprint density at radius 3 is 2.87 bits per heavy atom. The number of hydrogen-bond acceptors (Lipinski definition) is 3. The third-order valence-electron chi connectivity index (χ3n) is 3.91. The van der Waals surface area contributed by atoms with Crippen LogP contribution in [-0.2, 0) is 0 Å². The lowest BCUT2D eigenvalue weighted by atomic mass is 9.97. The molecule has 0 unspecified atom stereocenters. The number of benzene rings is 1. The van der Waals surface area contributed by atoms with Crippen LogP contribution >= 0.6 is 0 Å². The largest absolute Gasteiger partial charge is 0.496 e. The number of methoxy groups -OCH3 is 1. The molecule has 2 aliphatic rings. The maximum atomic E-state index is 12.6. The first-order valence-electron chi connectivity index (χ1n) is 7.67. The molecule has 0 N–H and O–H groups in total. The summed E-state index contributed by atoms with van der Waals surface area (Å²) in [6.45, 7) is 3.93. The van der Waals surface area contributed by atoms with Crippen LogP contribution in [0.25, 0.3) is 6.08 Å². The number of allylic oxidation sites excluding steroid dienone is 6. The minimum absolute atomic E-state index is 0.0668. The van der Waals surface area contributed by atoms with Crippen LogP contribution in [-0.4, -0.2) is 18.5 Å². The van der Waals surface area contributed by atoms with Gasteiger partial charge in [-0.2, -0.15) is 0 Å². The van der Waals surface area contributed by atoms with E-state index in [1.54, 1.807) is 19.3 Å². The molecule has 1 aromatic carbocycles. The van der Waals surface area contributed by atoms with Crippen molar-refractivity contribution in [3.05, 3.63) is 65.3 Å². The van der Waals surface area contributed by atoms with Gasteiger partial charge in [0.25, 0.3) is 0 Å². The zero-order valence-corrected chi connectivity index (χ0v) is 13.6. The summed E-state index contributed by atoms with van der Waals surface area (Å²) in [5.41, 5.74) is 2.05. The zero-order valence-electron chi connectivity index (χ0n) is 13.6. The topological polar surface area (TPSA) is 35.5 Å². The highest BCUT2D eigenvalue weighted by atomic mass is 16.5. The summed E-state index contributed by atoms with van der Waals surface area (Å²) >= 11 is 0. The Balaban J connectivity index is 1.97. The molecule has 1 heterocycles. The number of hydrogen-bond donors (Lipinski definition) is 0. The standard InChI is InChI=1S/C20H20O3/c1-20(2)13-12-16-18(22-3)11-9-15(19(16)23-20)17(21)10-8-14-6-4-5-7-14/h4-6,8-13H,7H2,1-3H3/b10-8+. The average Bonchev–Trinajstić information content (AvgIpc) is 3.04. The van der Waals surface area contributed by atoms with Crippen molar-refractivity contribution in [3.8, 4) is 11.5 Å². The molecule has 0 radical (unpaired) electrons. The lowest BCUT2D eigenvalue weighted by Crippen LogP contribution is -2.28. The van der Waals surface area contributed by atoms with Gasteiger partial charge in [0.15, 0.2) is 5.78 Å². The Hall–Kier alpha value is -2.55. The normalized spacial score (nSPS) is 17.8. The summed E-state index contributed by atoms with van der Waals surface area (Å²) < 4.78 is 11.4. The fraction of sp³-hybridized carbons (Fsp3) is 0.250. The van der Waals surface area contributed by atoms with Gasteiger partial charge in [-0.25, -0.2) is 0 Å². The van der Waals surface area contributed by atoms with Gasteiger partial charge in [0.2, 0.25) is 0 Å². The number of rotatable bonds is 4. The fourth-order valence-corrected chi connectivity index (χ4v) is 2.66. The van der Waals surface area contributed by atoms with Gasteiger partial charge in [0.1, 0.15) is 17.1 Å². The maximum absolute atomic E-state index is 12.6. The van der Waals surface area contributed by atoms with E-state index in [9.17, 15) is 4.79 Å². The van der Waals surface area contributed by atoms with E-state index in [1.165, 1.54) is 0 Å². The summed E-state index contributed by atoms with van der Waals surface area (Å²) in [4.78, 5) is 12.6.